The molecule has 1 heterocycles. The number of nitrogens with one attached hydrogen (secondary N) is 2. The van der Waals surface area contributed by atoms with E-state index < -0.39 is 0 Å². The topological polar surface area (TPSA) is 58.1 Å². The van der Waals surface area contributed by atoms with Crippen molar-refractivity contribution in [3.8, 4) is 5.75 Å². The van der Waals surface area contributed by atoms with Crippen LogP contribution in [-0.2, 0) is 11.3 Å². The quantitative estimate of drug-likeness (QED) is 0.286. The number of guanidine groups is 1. The lowest BCUT2D eigenvalue weighted by molar-refractivity contribution is 0.00752. The molecule has 6 nitrogen and oxygen atoms in total. The monoisotopic (exact) mass is 568 g/mol. The van der Waals surface area contributed by atoms with Gasteiger partial charge in [-0.1, -0.05) is 19.9 Å². The van der Waals surface area contributed by atoms with Gasteiger partial charge in [0.05, 0.1) is 31.3 Å². The molecule has 8 heteroatoms. The number of nitrogens with zero attached hydrogens (tertiary/aromatic N) is 2. The zero-order valence-electron chi connectivity index (χ0n) is 17.3. The molecule has 0 bridgehead atoms. The molecule has 1 aliphatic heterocycles. The summed E-state index contributed by atoms with van der Waals surface area (Å²) in [6.45, 7) is 12.6. The molecule has 1 fully saturated rings. The lowest BCUT2D eigenvalue weighted by atomic mass is 10.0. The predicted octanol–water partition coefficient (Wildman–Crippen LogP) is 3.49. The van der Waals surface area contributed by atoms with Gasteiger partial charge in [0.15, 0.2) is 5.96 Å². The Morgan fingerprint density at radius 2 is 2.00 bits per heavy atom. The average molecular weight is 569 g/mol. The van der Waals surface area contributed by atoms with Gasteiger partial charge in [0.2, 0.25) is 0 Å². The minimum atomic E-state index is 0. The van der Waals surface area contributed by atoms with Crippen molar-refractivity contribution >= 4 is 45.9 Å². The van der Waals surface area contributed by atoms with Crippen molar-refractivity contribution in [3.05, 3.63) is 28.2 Å². The van der Waals surface area contributed by atoms with Crippen LogP contribution in [-0.4, -0.2) is 63.4 Å². The Bertz CT molecular complexity index is 610. The molecular weight excluding hydrogens is 535 g/mol. The van der Waals surface area contributed by atoms with Crippen molar-refractivity contribution in [2.45, 2.75) is 33.4 Å². The minimum Gasteiger partial charge on any atom is -0.496 e. The molecule has 0 aliphatic carbocycles. The summed E-state index contributed by atoms with van der Waals surface area (Å²) in [5, 5.41) is 6.87. The van der Waals surface area contributed by atoms with Gasteiger partial charge in [-0.3, -0.25) is 4.90 Å². The third-order valence-electron chi connectivity index (χ3n) is 4.74. The van der Waals surface area contributed by atoms with E-state index in [4.69, 9.17) is 14.5 Å². The number of hydrogen-bond donors (Lipinski definition) is 2. The molecule has 1 aliphatic rings. The highest BCUT2D eigenvalue weighted by atomic mass is 127. The van der Waals surface area contributed by atoms with Gasteiger partial charge in [-0.05, 0) is 46.5 Å². The van der Waals surface area contributed by atoms with E-state index in [1.54, 1.807) is 7.11 Å². The second-order valence-corrected chi connectivity index (χ2v) is 7.86. The number of morpholine rings is 1. The fraction of sp³-hybridized carbons (Fsp3) is 0.650. The summed E-state index contributed by atoms with van der Waals surface area (Å²) in [7, 11) is 1.67. The first-order valence-electron chi connectivity index (χ1n) is 9.71. The third kappa shape index (κ3) is 8.04. The molecule has 0 aromatic heterocycles. The Morgan fingerprint density at radius 1 is 1.29 bits per heavy atom. The maximum atomic E-state index is 5.50. The smallest absolute Gasteiger partial charge is 0.191 e. The van der Waals surface area contributed by atoms with Crippen LogP contribution in [0.15, 0.2) is 27.7 Å². The molecule has 1 aromatic carbocycles. The highest BCUT2D eigenvalue weighted by Gasteiger charge is 2.23. The Morgan fingerprint density at radius 3 is 2.57 bits per heavy atom. The predicted molar refractivity (Wildman–Crippen MR) is 130 cm³/mol. The summed E-state index contributed by atoms with van der Waals surface area (Å²) >= 11 is 3.53. The van der Waals surface area contributed by atoms with Gasteiger partial charge in [0.25, 0.3) is 0 Å². The van der Waals surface area contributed by atoms with E-state index in [0.29, 0.717) is 18.5 Å². The maximum Gasteiger partial charge on any atom is 0.191 e. The average Bonchev–Trinajstić information content (AvgIpc) is 2.67. The highest BCUT2D eigenvalue weighted by molar-refractivity contribution is 14.0. The molecule has 0 radical (unpaired) electrons. The summed E-state index contributed by atoms with van der Waals surface area (Å²) in [6.07, 6.45) is 0. The molecule has 28 heavy (non-hydrogen) atoms. The first-order chi connectivity index (χ1) is 13.0. The summed E-state index contributed by atoms with van der Waals surface area (Å²) in [5.41, 5.74) is 1.13. The van der Waals surface area contributed by atoms with E-state index in [2.05, 4.69) is 58.3 Å². The van der Waals surface area contributed by atoms with Gasteiger partial charge in [0, 0.05) is 32.2 Å². The van der Waals surface area contributed by atoms with Crippen LogP contribution in [0, 0.1) is 5.92 Å². The molecule has 1 aromatic rings. The second-order valence-electron chi connectivity index (χ2n) is 7.00. The van der Waals surface area contributed by atoms with E-state index >= 15 is 0 Å². The van der Waals surface area contributed by atoms with Crippen LogP contribution in [0.4, 0.5) is 0 Å². The number of benzene rings is 1. The SMILES string of the molecule is CCNC(=NCc1ccc(OC)c(Br)c1)NCC(C(C)C)N1CCOCC1.I. The number of methoxy groups -OCH3 is 1. The molecule has 0 spiro atoms. The van der Waals surface area contributed by atoms with Gasteiger partial charge in [-0.25, -0.2) is 4.99 Å². The van der Waals surface area contributed by atoms with E-state index in [1.807, 2.05) is 12.1 Å². The lowest BCUT2D eigenvalue weighted by Gasteiger charge is -2.37. The van der Waals surface area contributed by atoms with Crippen molar-refractivity contribution in [2.75, 3.05) is 46.5 Å². The standard InChI is InChI=1S/C20H33BrN4O2.HI/c1-5-22-20(23-13-16-6-7-19(26-4)17(21)12-16)24-14-18(15(2)3)25-8-10-27-11-9-25;/h6-7,12,15,18H,5,8-11,13-14H2,1-4H3,(H2,22,23,24);1H. The van der Waals surface area contributed by atoms with E-state index in [9.17, 15) is 0 Å². The number of rotatable bonds is 8. The Balaban J connectivity index is 0.00000392. The van der Waals surface area contributed by atoms with Crippen LogP contribution in [0.2, 0.25) is 0 Å². The first-order valence-corrected chi connectivity index (χ1v) is 10.5. The zero-order valence-corrected chi connectivity index (χ0v) is 21.2. The molecule has 160 valence electrons. The summed E-state index contributed by atoms with van der Waals surface area (Å²) in [4.78, 5) is 7.27. The Labute approximate surface area is 195 Å². The van der Waals surface area contributed by atoms with Crippen LogP contribution in [0.5, 0.6) is 5.75 Å². The van der Waals surface area contributed by atoms with E-state index in [1.165, 1.54) is 0 Å². The van der Waals surface area contributed by atoms with Crippen LogP contribution in [0.3, 0.4) is 0 Å². The van der Waals surface area contributed by atoms with Crippen LogP contribution in [0.1, 0.15) is 26.3 Å². The van der Waals surface area contributed by atoms with Gasteiger partial charge in [-0.15, -0.1) is 24.0 Å². The first kappa shape index (κ1) is 25.5. The van der Waals surface area contributed by atoms with E-state index in [-0.39, 0.29) is 24.0 Å². The largest absolute Gasteiger partial charge is 0.496 e. The number of ether oxygens (including phenoxy) is 2. The molecule has 1 saturated heterocycles. The number of hydrogen-bond acceptors (Lipinski definition) is 4. The summed E-state index contributed by atoms with van der Waals surface area (Å²) in [5.74, 6) is 2.25. The van der Waals surface area contributed by atoms with Gasteiger partial charge < -0.3 is 20.1 Å². The van der Waals surface area contributed by atoms with Crippen molar-refractivity contribution in [2.24, 2.45) is 10.9 Å². The lowest BCUT2D eigenvalue weighted by Crippen LogP contribution is -2.52. The normalized spacial score (nSPS) is 16.4. The highest BCUT2D eigenvalue weighted by Crippen LogP contribution is 2.25. The fourth-order valence-corrected chi connectivity index (χ4v) is 3.81. The zero-order chi connectivity index (χ0) is 19.6. The van der Waals surface area contributed by atoms with Crippen molar-refractivity contribution in [3.63, 3.8) is 0 Å². The van der Waals surface area contributed by atoms with Gasteiger partial charge in [-0.2, -0.15) is 0 Å². The molecule has 2 rings (SSSR count). The second kappa shape index (κ2) is 13.6. The van der Waals surface area contributed by atoms with Gasteiger partial charge in [0.1, 0.15) is 5.75 Å². The van der Waals surface area contributed by atoms with Crippen LogP contribution in [0.25, 0.3) is 0 Å². The third-order valence-corrected chi connectivity index (χ3v) is 5.36. The van der Waals surface area contributed by atoms with Crippen LogP contribution >= 0.6 is 39.9 Å². The summed E-state index contributed by atoms with van der Waals surface area (Å²) < 4.78 is 11.7. The molecular formula is C20H34BrIN4O2. The molecule has 1 atom stereocenters. The molecule has 1 unspecified atom stereocenters. The van der Waals surface area contributed by atoms with Crippen molar-refractivity contribution in [1.29, 1.82) is 0 Å². The maximum absolute atomic E-state index is 5.50. The van der Waals surface area contributed by atoms with Crippen molar-refractivity contribution < 1.29 is 9.47 Å². The van der Waals surface area contributed by atoms with E-state index in [0.717, 1.165) is 61.1 Å². The molecule has 2 N–H and O–H groups in total. The Hall–Kier alpha value is -0.580. The Kier molecular flexibility index (Phi) is 12.4. The molecule has 0 saturated carbocycles. The fourth-order valence-electron chi connectivity index (χ4n) is 3.22. The van der Waals surface area contributed by atoms with Gasteiger partial charge >= 0.3 is 0 Å². The summed E-state index contributed by atoms with van der Waals surface area (Å²) in [6, 6.07) is 6.52. The minimum absolute atomic E-state index is 0. The number of aliphatic imine (C=N–C) groups is 1. The van der Waals surface area contributed by atoms with Crippen molar-refractivity contribution in [1.82, 2.24) is 15.5 Å². The molecule has 0 amide bonds. The van der Waals surface area contributed by atoms with Crippen LogP contribution < -0.4 is 15.4 Å². The number of halogens is 2.